The molecule has 8 aromatic rings. The number of halogens is 3. The molecule has 0 fully saturated rings. The van der Waals surface area contributed by atoms with Crippen LogP contribution in [0.15, 0.2) is 127 Å². The molecule has 0 atom stereocenters. The van der Waals surface area contributed by atoms with E-state index in [1.165, 1.54) is 51.4 Å². The molecule has 0 saturated carbocycles. The summed E-state index contributed by atoms with van der Waals surface area (Å²) >= 11 is 6.77. The van der Waals surface area contributed by atoms with Crippen LogP contribution >= 0.6 is 34.9 Å². The first kappa shape index (κ1) is 61.4. The van der Waals surface area contributed by atoms with Gasteiger partial charge in [0.25, 0.3) is 12.9 Å². The largest absolute Gasteiger partial charge is 2.00 e. The Labute approximate surface area is 496 Å². The van der Waals surface area contributed by atoms with E-state index in [2.05, 4.69) is 93.0 Å². The number of carbonyl (C=O) groups excluding carboxylic acids is 2. The van der Waals surface area contributed by atoms with Gasteiger partial charge in [-0.05, 0) is 88.2 Å². The number of thiophene rings is 2. The van der Waals surface area contributed by atoms with E-state index >= 15 is 0 Å². The Hall–Kier alpha value is -8.20. The summed E-state index contributed by atoms with van der Waals surface area (Å²) in [6.07, 6.45) is 0.287. The van der Waals surface area contributed by atoms with Gasteiger partial charge in [0.2, 0.25) is 0 Å². The minimum absolute atomic E-state index is 0. The summed E-state index contributed by atoms with van der Waals surface area (Å²) in [7, 11) is 0. The van der Waals surface area contributed by atoms with E-state index in [-0.39, 0.29) is 41.8 Å². The molecule has 0 radical (unpaired) electrons. The fourth-order valence-corrected chi connectivity index (χ4v) is 10.5. The molecule has 422 valence electrons. The molecule has 0 aliphatic carbocycles. The average Bonchev–Trinajstić information content (AvgIpc) is 4.26. The smallest absolute Gasteiger partial charge is 0.753 e. The molecule has 2 aliphatic rings. The number of thiocarbonyl (C=S) groups is 1. The Bertz CT molecular complexity index is 3590. The first-order chi connectivity index (χ1) is 38.7. The Morgan fingerprint density at radius 1 is 0.671 bits per heavy atom. The van der Waals surface area contributed by atoms with Crippen LogP contribution in [0.1, 0.15) is 58.4 Å². The number of alkyl halides is 3. The molecular weight excluding hydrogens is 1200 g/mol. The molecule has 16 nitrogen and oxygen atoms in total. The van der Waals surface area contributed by atoms with E-state index < -0.39 is 17.6 Å². The molecule has 2 N–H and O–H groups in total. The van der Waals surface area contributed by atoms with Crippen molar-refractivity contribution >= 4 is 81.5 Å². The van der Waals surface area contributed by atoms with E-state index in [0.717, 1.165) is 37.3 Å². The minimum atomic E-state index is -4.82. The Morgan fingerprint density at radius 3 is 1.73 bits per heavy atom. The molecule has 10 rings (SSSR count). The van der Waals surface area contributed by atoms with Crippen LogP contribution in [0.2, 0.25) is 0 Å². The van der Waals surface area contributed by atoms with Crippen molar-refractivity contribution in [2.45, 2.75) is 58.5 Å². The number of pyridine rings is 4. The fraction of sp³-hybridized carbons (Fsp3) is 0.220. The van der Waals surface area contributed by atoms with E-state index in [4.69, 9.17) is 50.0 Å². The predicted octanol–water partition coefficient (Wildman–Crippen LogP) is 15.1. The van der Waals surface area contributed by atoms with Crippen molar-refractivity contribution in [1.82, 2.24) is 19.9 Å². The molecular formula is C59H51F3N8O8RuS3. The van der Waals surface area contributed by atoms with Gasteiger partial charge in [0.1, 0.15) is 43.6 Å². The second-order valence-electron chi connectivity index (χ2n) is 19.8. The number of carbonyl (C=O) groups is 2. The number of nitrogens with zero attached hydrogens (tertiary/aromatic N) is 6. The van der Waals surface area contributed by atoms with Crippen LogP contribution in [0.3, 0.4) is 0 Å². The summed E-state index contributed by atoms with van der Waals surface area (Å²) in [5.41, 5.74) is 13.4. The summed E-state index contributed by atoms with van der Waals surface area (Å²) < 4.78 is 72.5. The number of hydrogen-bond acceptors (Lipinski definition) is 17. The van der Waals surface area contributed by atoms with Gasteiger partial charge >= 0.3 is 25.7 Å². The average molecular weight is 1250 g/mol. The molecule has 0 bridgehead atoms. The summed E-state index contributed by atoms with van der Waals surface area (Å²) in [4.78, 5) is 44.4. The summed E-state index contributed by atoms with van der Waals surface area (Å²) in [5.74, 6) is 3.31. The van der Waals surface area contributed by atoms with Crippen molar-refractivity contribution in [1.29, 1.82) is 5.41 Å². The van der Waals surface area contributed by atoms with E-state index in [9.17, 15) is 22.8 Å². The number of fused-ring (bicyclic) bond motifs is 2. The number of isothiocyanates is 1. The predicted molar refractivity (Wildman–Crippen MR) is 311 cm³/mol. The van der Waals surface area contributed by atoms with Gasteiger partial charge in [-0.2, -0.15) is 18.3 Å². The van der Waals surface area contributed by atoms with Crippen molar-refractivity contribution in [3.8, 4) is 77.5 Å². The van der Waals surface area contributed by atoms with Crippen LogP contribution in [0.5, 0.6) is 34.5 Å². The van der Waals surface area contributed by atoms with Crippen LogP contribution in [0.4, 0.5) is 30.2 Å². The van der Waals surface area contributed by atoms with Gasteiger partial charge in [0, 0.05) is 64.9 Å². The van der Waals surface area contributed by atoms with Crippen molar-refractivity contribution in [3.05, 3.63) is 155 Å². The first-order valence-corrected chi connectivity index (χ1v) is 26.8. The summed E-state index contributed by atoms with van der Waals surface area (Å²) in [6.45, 7) is 15.4. The van der Waals surface area contributed by atoms with E-state index in [0.29, 0.717) is 96.9 Å². The van der Waals surface area contributed by atoms with E-state index in [1.54, 1.807) is 42.6 Å². The van der Waals surface area contributed by atoms with Crippen molar-refractivity contribution in [3.63, 3.8) is 0 Å². The second-order valence-corrected chi connectivity index (χ2v) is 21.9. The van der Waals surface area contributed by atoms with Crippen LogP contribution in [0.25, 0.3) is 59.8 Å². The molecule has 0 amide bonds. The van der Waals surface area contributed by atoms with Crippen LogP contribution in [-0.2, 0) is 39.9 Å². The summed E-state index contributed by atoms with van der Waals surface area (Å²) in [6, 6.07) is 29.7. The molecule has 0 saturated heterocycles. The van der Waals surface area contributed by atoms with Gasteiger partial charge in [-0.3, -0.25) is 30.0 Å². The summed E-state index contributed by atoms with van der Waals surface area (Å²) in [5, 5.41) is 17.6. The maximum Gasteiger partial charge on any atom is 2.00 e. The number of ether oxygens (including phenoxy) is 6. The molecule has 2 aromatic carbocycles. The first-order valence-electron chi connectivity index (χ1n) is 24.7. The number of rotatable bonds is 13. The molecule has 0 spiro atoms. The van der Waals surface area contributed by atoms with E-state index in [1.807, 2.05) is 46.7 Å². The van der Waals surface area contributed by atoms with Crippen LogP contribution in [-0.4, -0.2) is 76.4 Å². The monoisotopic (exact) mass is 1250 g/mol. The standard InChI is InChI=1S/C29H32F3N4.C29H19N3O8S2.CNS.Ru/c1-27(2,3)19-7-11-21(12-8-19)36(22-13-9-20(10-14-22)28(4,5)6)23-15-16-35-25(17-23)24(33)18-26(34)29(30,31)32;33-14-39-17-2-4-31-20(10-17)22-12-18(40-15-34)11-21(32-22)19-9-16(1-3-30-19)27-25-26(38-8-7-37-25)29(42-27)28-24-23(13-41-28)35-5-6-36-24;2-1-3;/h7-18,33-34H,1-6H3;1-4,9-15H,5-8H2;;/q-1;;-1;+2/b24-18-,34-26?;;;. The molecule has 23 heteroatoms. The SMILES string of the molecule is CC(C)(C)c1ccc(N(c2ccc(C(C)(C)C)cc2)c2ccnc(/C([NH-])=C/C(=N)C(F)(F)F)c2)cc1.O=COc1ccnc(-c2cc(OC=O)cc(-c3cc(-c4sc(-c5scc6c5OCCO6)c5c4OCCO5)ccn3)n2)c1.[N-]=C=S.[Ru+2]. The second kappa shape index (κ2) is 26.6. The molecule has 2 aliphatic heterocycles. The van der Waals surface area contributed by atoms with Gasteiger partial charge in [0.05, 0.1) is 37.4 Å². The third kappa shape index (κ3) is 14.6. The van der Waals surface area contributed by atoms with Gasteiger partial charge in [0.15, 0.2) is 23.0 Å². The van der Waals surface area contributed by atoms with Crippen molar-refractivity contribution < 1.29 is 70.7 Å². The third-order valence-corrected chi connectivity index (χ3v) is 14.5. The Morgan fingerprint density at radius 2 is 1.17 bits per heavy atom. The minimum Gasteiger partial charge on any atom is -0.753 e. The van der Waals surface area contributed by atoms with Crippen molar-refractivity contribution in [2.24, 2.45) is 0 Å². The number of allylic oxidation sites excluding steroid dienone is 1. The topological polar surface area (TPSA) is 214 Å². The van der Waals surface area contributed by atoms with Crippen LogP contribution in [0, 0.1) is 5.41 Å². The van der Waals surface area contributed by atoms with Gasteiger partial charge < -0.3 is 44.5 Å². The normalized spacial score (nSPS) is 12.6. The number of nitrogens with one attached hydrogen (secondary N) is 2. The number of aromatic nitrogens is 4. The van der Waals surface area contributed by atoms with Crippen LogP contribution < -0.4 is 33.3 Å². The number of hydrogen-bond donors (Lipinski definition) is 1. The zero-order valence-corrected chi connectivity index (χ0v) is 49.0. The number of anilines is 3. The van der Waals surface area contributed by atoms with Gasteiger partial charge in [-0.1, -0.05) is 78.0 Å². The maximum absolute atomic E-state index is 12.8. The molecule has 6 aromatic heterocycles. The number of benzene rings is 2. The molecule has 8 heterocycles. The maximum atomic E-state index is 12.8. The fourth-order valence-electron chi connectivity index (χ4n) is 8.27. The van der Waals surface area contributed by atoms with Gasteiger partial charge in [-0.15, -0.1) is 28.4 Å². The van der Waals surface area contributed by atoms with Gasteiger partial charge in [-0.25, -0.2) is 4.98 Å². The Balaban J connectivity index is 0.000000226. The molecule has 82 heavy (non-hydrogen) atoms. The van der Waals surface area contributed by atoms with Crippen molar-refractivity contribution in [2.75, 3.05) is 31.3 Å². The molecule has 0 unspecified atom stereocenters. The zero-order chi connectivity index (χ0) is 58.1. The quantitative estimate of drug-likeness (QED) is 0.0492. The Kier molecular flexibility index (Phi) is 19.9. The zero-order valence-electron chi connectivity index (χ0n) is 44.8. The third-order valence-electron chi connectivity index (χ3n) is 12.2.